The lowest BCUT2D eigenvalue weighted by Crippen LogP contribution is -1.87. The predicted octanol–water partition coefficient (Wildman–Crippen LogP) is 5.46. The molecule has 2 aromatic carbocycles. The number of aliphatic hydroxyl groups is 1. The van der Waals surface area contributed by atoms with Crippen molar-refractivity contribution < 1.29 is 5.11 Å². The molecule has 0 heterocycles. The Morgan fingerprint density at radius 3 is 1.94 bits per heavy atom. The zero-order valence-corrected chi connectivity index (χ0v) is 12.1. The average molecular weight is 322 g/mol. The van der Waals surface area contributed by atoms with Crippen LogP contribution in [0, 0.1) is 0 Å². The van der Waals surface area contributed by atoms with Crippen molar-refractivity contribution in [1.29, 1.82) is 0 Å². The Morgan fingerprint density at radius 2 is 1.39 bits per heavy atom. The number of hydrogen-bond donors (Lipinski definition) is 1. The summed E-state index contributed by atoms with van der Waals surface area (Å²) in [5.74, 6) is 0. The van der Waals surface area contributed by atoms with Crippen LogP contribution in [0.1, 0.15) is 5.56 Å². The third-order valence-electron chi connectivity index (χ3n) is 2.53. The topological polar surface area (TPSA) is 20.2 Å². The van der Waals surface area contributed by atoms with Crippen LogP contribution >= 0.6 is 46.4 Å². The molecule has 1 N–H and O–H groups in total. The quantitative estimate of drug-likeness (QED) is 0.728. The molecule has 5 heteroatoms. The van der Waals surface area contributed by atoms with Crippen molar-refractivity contribution in [2.45, 2.75) is 6.61 Å². The van der Waals surface area contributed by atoms with Crippen LogP contribution in [0.15, 0.2) is 30.3 Å². The molecule has 0 spiro atoms. The maximum absolute atomic E-state index is 9.19. The van der Waals surface area contributed by atoms with Gasteiger partial charge in [-0.25, -0.2) is 0 Å². The minimum atomic E-state index is -0.123. The fourth-order valence-electron chi connectivity index (χ4n) is 1.60. The molecule has 0 aliphatic rings. The molecule has 0 unspecified atom stereocenters. The van der Waals surface area contributed by atoms with Gasteiger partial charge < -0.3 is 5.11 Å². The summed E-state index contributed by atoms with van der Waals surface area (Å²) in [6.45, 7) is -0.123. The van der Waals surface area contributed by atoms with Gasteiger partial charge in [-0.3, -0.25) is 0 Å². The molecular weight excluding hydrogens is 314 g/mol. The normalized spacial score (nSPS) is 10.7. The van der Waals surface area contributed by atoms with Crippen LogP contribution in [0.4, 0.5) is 0 Å². The summed E-state index contributed by atoms with van der Waals surface area (Å²) >= 11 is 23.8. The molecular formula is C13H8Cl4O. The minimum absolute atomic E-state index is 0.123. The molecule has 94 valence electrons. The van der Waals surface area contributed by atoms with E-state index in [0.29, 0.717) is 25.7 Å². The van der Waals surface area contributed by atoms with E-state index in [1.165, 1.54) is 0 Å². The number of rotatable bonds is 2. The third kappa shape index (κ3) is 2.76. The lowest BCUT2D eigenvalue weighted by atomic mass is 10.0. The molecule has 0 atom stereocenters. The van der Waals surface area contributed by atoms with Gasteiger partial charge in [-0.2, -0.15) is 0 Å². The summed E-state index contributed by atoms with van der Waals surface area (Å²) < 4.78 is 0. The van der Waals surface area contributed by atoms with Crippen molar-refractivity contribution in [3.63, 3.8) is 0 Å². The van der Waals surface area contributed by atoms with Crippen LogP contribution in [0.3, 0.4) is 0 Å². The van der Waals surface area contributed by atoms with Gasteiger partial charge in [0.05, 0.1) is 21.7 Å². The maximum atomic E-state index is 9.19. The van der Waals surface area contributed by atoms with Crippen LogP contribution in [-0.2, 0) is 6.61 Å². The highest BCUT2D eigenvalue weighted by atomic mass is 35.5. The van der Waals surface area contributed by atoms with Gasteiger partial charge in [0.15, 0.2) is 0 Å². The van der Waals surface area contributed by atoms with E-state index in [1.54, 1.807) is 24.3 Å². The molecule has 0 radical (unpaired) electrons. The molecule has 0 aliphatic carbocycles. The highest BCUT2D eigenvalue weighted by Gasteiger charge is 2.09. The summed E-state index contributed by atoms with van der Waals surface area (Å²) in [5, 5.41) is 10.8. The summed E-state index contributed by atoms with van der Waals surface area (Å²) in [4.78, 5) is 0. The van der Waals surface area contributed by atoms with Gasteiger partial charge in [0.25, 0.3) is 0 Å². The van der Waals surface area contributed by atoms with Crippen molar-refractivity contribution in [2.75, 3.05) is 0 Å². The van der Waals surface area contributed by atoms with E-state index in [4.69, 9.17) is 46.4 Å². The first kappa shape index (κ1) is 14.0. The molecule has 18 heavy (non-hydrogen) atoms. The lowest BCUT2D eigenvalue weighted by Gasteiger charge is -2.08. The Bertz CT molecular complexity index is 573. The average Bonchev–Trinajstić information content (AvgIpc) is 2.36. The first-order chi connectivity index (χ1) is 8.52. The fourth-order valence-corrected chi connectivity index (χ4v) is 2.37. The van der Waals surface area contributed by atoms with Crippen molar-refractivity contribution in [1.82, 2.24) is 0 Å². The second-order valence-electron chi connectivity index (χ2n) is 3.72. The van der Waals surface area contributed by atoms with E-state index in [9.17, 15) is 5.11 Å². The Kier molecular flexibility index (Phi) is 4.41. The van der Waals surface area contributed by atoms with Crippen LogP contribution in [0.2, 0.25) is 20.1 Å². The molecule has 0 fully saturated rings. The summed E-state index contributed by atoms with van der Waals surface area (Å²) in [6.07, 6.45) is 0. The van der Waals surface area contributed by atoms with Crippen LogP contribution in [0.25, 0.3) is 11.1 Å². The Balaban J connectivity index is 2.55. The van der Waals surface area contributed by atoms with E-state index in [1.807, 2.05) is 6.07 Å². The van der Waals surface area contributed by atoms with Crippen LogP contribution in [-0.4, -0.2) is 5.11 Å². The van der Waals surface area contributed by atoms with Gasteiger partial charge in [-0.1, -0.05) is 52.5 Å². The first-order valence-electron chi connectivity index (χ1n) is 5.07. The molecule has 0 saturated carbocycles. The van der Waals surface area contributed by atoms with E-state index in [2.05, 4.69) is 0 Å². The molecule has 2 rings (SSSR count). The summed E-state index contributed by atoms with van der Waals surface area (Å²) in [5.41, 5.74) is 2.33. The number of halogens is 4. The van der Waals surface area contributed by atoms with E-state index >= 15 is 0 Å². The standard InChI is InChI=1S/C13H8Cl4O/c14-10-2-1-7(3-9(10)6-18)8-4-11(15)13(17)12(16)5-8/h1-5,18H,6H2. The van der Waals surface area contributed by atoms with E-state index in [-0.39, 0.29) is 6.61 Å². The lowest BCUT2D eigenvalue weighted by molar-refractivity contribution is 0.282. The monoisotopic (exact) mass is 320 g/mol. The van der Waals surface area contributed by atoms with E-state index < -0.39 is 0 Å². The highest BCUT2D eigenvalue weighted by molar-refractivity contribution is 6.48. The van der Waals surface area contributed by atoms with Gasteiger partial charge in [0.2, 0.25) is 0 Å². The maximum Gasteiger partial charge on any atom is 0.0778 e. The van der Waals surface area contributed by atoms with Crippen molar-refractivity contribution in [3.05, 3.63) is 56.0 Å². The Morgan fingerprint density at radius 1 is 0.778 bits per heavy atom. The molecule has 0 saturated heterocycles. The van der Waals surface area contributed by atoms with Crippen LogP contribution in [0.5, 0.6) is 0 Å². The zero-order valence-electron chi connectivity index (χ0n) is 9.05. The van der Waals surface area contributed by atoms with Crippen molar-refractivity contribution in [2.24, 2.45) is 0 Å². The third-order valence-corrected chi connectivity index (χ3v) is 4.10. The largest absolute Gasteiger partial charge is 0.392 e. The SMILES string of the molecule is OCc1cc(-c2cc(Cl)c(Cl)c(Cl)c2)ccc1Cl. The molecule has 0 bridgehead atoms. The smallest absolute Gasteiger partial charge is 0.0778 e. The molecule has 1 nitrogen and oxygen atoms in total. The first-order valence-corrected chi connectivity index (χ1v) is 6.58. The Labute approximate surface area is 125 Å². The van der Waals surface area contributed by atoms with Gasteiger partial charge in [0, 0.05) is 5.02 Å². The predicted molar refractivity (Wildman–Crippen MR) is 77.8 cm³/mol. The van der Waals surface area contributed by atoms with Crippen LogP contribution < -0.4 is 0 Å². The number of aliphatic hydroxyl groups excluding tert-OH is 1. The van der Waals surface area contributed by atoms with Crippen molar-refractivity contribution in [3.8, 4) is 11.1 Å². The molecule has 0 aromatic heterocycles. The highest BCUT2D eigenvalue weighted by Crippen LogP contribution is 2.35. The molecule has 0 amide bonds. The van der Waals surface area contributed by atoms with E-state index in [0.717, 1.165) is 11.1 Å². The second kappa shape index (κ2) is 5.68. The van der Waals surface area contributed by atoms with Gasteiger partial charge in [0.1, 0.15) is 0 Å². The fraction of sp³-hybridized carbons (Fsp3) is 0.0769. The van der Waals surface area contributed by atoms with Gasteiger partial charge >= 0.3 is 0 Å². The van der Waals surface area contributed by atoms with Gasteiger partial charge in [-0.15, -0.1) is 0 Å². The number of benzene rings is 2. The number of hydrogen-bond acceptors (Lipinski definition) is 1. The van der Waals surface area contributed by atoms with Gasteiger partial charge in [-0.05, 0) is 41.0 Å². The van der Waals surface area contributed by atoms with Crippen molar-refractivity contribution >= 4 is 46.4 Å². The summed E-state index contributed by atoms with van der Waals surface area (Å²) in [6, 6.07) is 8.79. The molecule has 2 aromatic rings. The second-order valence-corrected chi connectivity index (χ2v) is 5.32. The zero-order chi connectivity index (χ0) is 13.3. The summed E-state index contributed by atoms with van der Waals surface area (Å²) in [7, 11) is 0. The molecule has 0 aliphatic heterocycles. The Hall–Kier alpha value is -0.440. The minimum Gasteiger partial charge on any atom is -0.392 e.